The van der Waals surface area contributed by atoms with Crippen molar-refractivity contribution in [1.29, 1.82) is 0 Å². The summed E-state index contributed by atoms with van der Waals surface area (Å²) in [7, 11) is 0. The van der Waals surface area contributed by atoms with Crippen molar-refractivity contribution in [2.24, 2.45) is 0 Å². The van der Waals surface area contributed by atoms with Crippen LogP contribution in [-0.2, 0) is 0 Å². The van der Waals surface area contributed by atoms with Gasteiger partial charge in [-0.05, 0) is 19.1 Å². The van der Waals surface area contributed by atoms with Crippen molar-refractivity contribution in [2.75, 3.05) is 11.5 Å². The lowest BCUT2D eigenvalue weighted by Crippen LogP contribution is -2.22. The molecule has 3 rings (SSSR count). The highest BCUT2D eigenvalue weighted by Crippen LogP contribution is 1.83. The van der Waals surface area contributed by atoms with Crippen LogP contribution in [0.4, 0.5) is 11.6 Å². The Kier molecular flexibility index (Phi) is 7.05. The molecule has 0 spiro atoms. The molecule has 132 valence electrons. The molecule has 0 aliphatic carbocycles. The number of aromatic nitrogens is 6. The van der Waals surface area contributed by atoms with E-state index in [1.165, 1.54) is 30.7 Å². The van der Waals surface area contributed by atoms with Gasteiger partial charge in [-0.15, -0.1) is 0 Å². The third-order valence-electron chi connectivity index (χ3n) is 2.40. The van der Waals surface area contributed by atoms with Gasteiger partial charge in [-0.3, -0.25) is 19.7 Å². The maximum atomic E-state index is 10.6. The summed E-state index contributed by atoms with van der Waals surface area (Å²) in [5.74, 6) is 0.676. The van der Waals surface area contributed by atoms with Gasteiger partial charge in [0.25, 0.3) is 5.56 Å². The average Bonchev–Trinajstić information content (AvgIpc) is 2.52. The monoisotopic (exact) mass is 348 g/mol. The summed E-state index contributed by atoms with van der Waals surface area (Å²) >= 11 is 0. The van der Waals surface area contributed by atoms with E-state index in [2.05, 4.69) is 29.9 Å². The molecular formula is C13H16N8O4. The minimum absolute atomic E-state index is 0.334. The van der Waals surface area contributed by atoms with E-state index in [1.807, 2.05) is 0 Å². The third kappa shape index (κ3) is 7.73. The Bertz CT molecular complexity index is 981. The normalized spacial score (nSPS) is 9.16. The second kappa shape index (κ2) is 9.24. The zero-order valence-corrected chi connectivity index (χ0v) is 13.1. The zero-order chi connectivity index (χ0) is 18.8. The van der Waals surface area contributed by atoms with E-state index in [4.69, 9.17) is 11.5 Å². The van der Waals surface area contributed by atoms with Gasteiger partial charge in [-0.2, -0.15) is 0 Å². The maximum Gasteiger partial charge on any atom is 0.346 e. The second-order valence-corrected chi connectivity index (χ2v) is 4.42. The topological polar surface area (TPSA) is 209 Å². The number of nitrogens with one attached hydrogen (secondary N) is 4. The van der Waals surface area contributed by atoms with Gasteiger partial charge in [0, 0.05) is 24.2 Å². The second-order valence-electron chi connectivity index (χ2n) is 4.42. The summed E-state index contributed by atoms with van der Waals surface area (Å²) in [6.07, 6.45) is 4.09. The van der Waals surface area contributed by atoms with E-state index < -0.39 is 17.1 Å². The molecule has 12 nitrogen and oxygen atoms in total. The fourth-order valence-electron chi connectivity index (χ4n) is 1.24. The Morgan fingerprint density at radius 3 is 1.60 bits per heavy atom. The summed E-state index contributed by atoms with van der Waals surface area (Å²) in [6.45, 7) is 1.62. The van der Waals surface area contributed by atoms with Crippen molar-refractivity contribution in [3.63, 3.8) is 0 Å². The number of hydrogen-bond acceptors (Lipinski definition) is 8. The van der Waals surface area contributed by atoms with Crippen LogP contribution in [0.2, 0.25) is 0 Å². The Balaban J connectivity index is 0.000000188. The quantitative estimate of drug-likeness (QED) is 0.269. The molecule has 0 radical (unpaired) electrons. The van der Waals surface area contributed by atoms with E-state index in [-0.39, 0.29) is 5.56 Å². The molecule has 0 saturated carbocycles. The summed E-state index contributed by atoms with van der Waals surface area (Å²) in [5, 5.41) is 0. The summed E-state index contributed by atoms with van der Waals surface area (Å²) in [6, 6.07) is 3.03. The van der Waals surface area contributed by atoms with Crippen LogP contribution in [0.25, 0.3) is 0 Å². The highest BCUT2D eigenvalue weighted by molar-refractivity contribution is 5.23. The molecule has 0 aliphatic rings. The van der Waals surface area contributed by atoms with Crippen LogP contribution in [0.5, 0.6) is 0 Å². The number of nitrogen functional groups attached to an aromatic ring is 2. The third-order valence-corrected chi connectivity index (χ3v) is 2.40. The van der Waals surface area contributed by atoms with Crippen LogP contribution in [-0.4, -0.2) is 29.9 Å². The zero-order valence-electron chi connectivity index (χ0n) is 13.1. The molecule has 3 heterocycles. The fourth-order valence-corrected chi connectivity index (χ4v) is 1.24. The summed E-state index contributed by atoms with van der Waals surface area (Å²) < 4.78 is 0. The van der Waals surface area contributed by atoms with E-state index in [1.54, 1.807) is 6.92 Å². The smallest absolute Gasteiger partial charge is 0.346 e. The molecule has 0 saturated heterocycles. The van der Waals surface area contributed by atoms with Crippen molar-refractivity contribution in [1.82, 2.24) is 29.9 Å². The first-order valence-corrected chi connectivity index (χ1v) is 6.68. The van der Waals surface area contributed by atoms with Crippen LogP contribution < -0.4 is 34.1 Å². The number of nitrogens with two attached hydrogens (primary N) is 2. The minimum Gasteiger partial charge on any atom is -0.385 e. The SMILES string of the molecule is Cc1c[nH]c(=O)[nH]c1=O.Nc1ccnc(=O)[nH]1.Nc1ccnc(=O)[nH]1. The molecular weight excluding hydrogens is 332 g/mol. The number of hydrogen-bond donors (Lipinski definition) is 6. The molecule has 0 bridgehead atoms. The van der Waals surface area contributed by atoms with E-state index in [0.29, 0.717) is 17.2 Å². The van der Waals surface area contributed by atoms with Gasteiger partial charge in [-0.25, -0.2) is 24.4 Å². The predicted molar refractivity (Wildman–Crippen MR) is 91.0 cm³/mol. The minimum atomic E-state index is -0.467. The molecule has 8 N–H and O–H groups in total. The number of rotatable bonds is 0. The predicted octanol–water partition coefficient (Wildman–Crippen LogP) is -1.92. The summed E-state index contributed by atoms with van der Waals surface area (Å²) in [4.78, 5) is 57.0. The molecule has 3 aromatic heterocycles. The largest absolute Gasteiger partial charge is 0.385 e. The molecule has 12 heteroatoms. The average molecular weight is 348 g/mol. The molecule has 25 heavy (non-hydrogen) atoms. The van der Waals surface area contributed by atoms with Crippen LogP contribution >= 0.6 is 0 Å². The first-order chi connectivity index (χ1) is 11.8. The maximum absolute atomic E-state index is 10.6. The van der Waals surface area contributed by atoms with Crippen molar-refractivity contribution >= 4 is 11.6 Å². The lowest BCUT2D eigenvalue weighted by Gasteiger charge is -1.84. The van der Waals surface area contributed by atoms with Gasteiger partial charge in [0.05, 0.1) is 0 Å². The fraction of sp³-hybridized carbons (Fsp3) is 0.0769. The number of anilines is 2. The van der Waals surface area contributed by atoms with Crippen LogP contribution in [0, 0.1) is 6.92 Å². The number of nitrogens with zero attached hydrogens (tertiary/aromatic N) is 2. The first kappa shape index (κ1) is 19.1. The van der Waals surface area contributed by atoms with Crippen molar-refractivity contribution < 1.29 is 0 Å². The van der Waals surface area contributed by atoms with E-state index >= 15 is 0 Å². The van der Waals surface area contributed by atoms with Gasteiger partial charge >= 0.3 is 17.1 Å². The molecule has 0 aromatic carbocycles. The Morgan fingerprint density at radius 1 is 0.840 bits per heavy atom. The van der Waals surface area contributed by atoms with E-state index in [0.717, 1.165) is 0 Å². The van der Waals surface area contributed by atoms with Gasteiger partial charge in [0.2, 0.25) is 0 Å². The summed E-state index contributed by atoms with van der Waals surface area (Å²) in [5.41, 5.74) is 9.21. The molecule has 0 atom stereocenters. The Hall–Kier alpha value is -3.96. The number of aryl methyl sites for hydroxylation is 1. The lowest BCUT2D eigenvalue weighted by molar-refractivity contribution is 1.01. The number of aromatic amines is 4. The van der Waals surface area contributed by atoms with E-state index in [9.17, 15) is 19.2 Å². The van der Waals surface area contributed by atoms with Gasteiger partial charge in [0.1, 0.15) is 11.6 Å². The van der Waals surface area contributed by atoms with Crippen molar-refractivity contribution in [3.05, 3.63) is 78.1 Å². The molecule has 0 amide bonds. The first-order valence-electron chi connectivity index (χ1n) is 6.68. The van der Waals surface area contributed by atoms with Crippen LogP contribution in [0.1, 0.15) is 5.56 Å². The highest BCUT2D eigenvalue weighted by atomic mass is 16.2. The van der Waals surface area contributed by atoms with Gasteiger partial charge in [-0.1, -0.05) is 0 Å². The Morgan fingerprint density at radius 2 is 1.32 bits per heavy atom. The van der Waals surface area contributed by atoms with Crippen LogP contribution in [0.3, 0.4) is 0 Å². The number of H-pyrrole nitrogens is 4. The lowest BCUT2D eigenvalue weighted by atomic mass is 10.4. The Labute approximate surface area is 139 Å². The standard InChI is InChI=1S/C5H6N2O2.2C4H5N3O/c1-3-2-6-5(9)7-4(3)8;2*5-3-1-2-6-4(8)7-3/h2H,1H3,(H2,6,7,8,9);2*1-2H,(H3,5,6,7,8). The molecule has 0 fully saturated rings. The van der Waals surface area contributed by atoms with Crippen molar-refractivity contribution in [3.8, 4) is 0 Å². The molecule has 0 aliphatic heterocycles. The van der Waals surface area contributed by atoms with Gasteiger partial charge < -0.3 is 16.5 Å². The van der Waals surface area contributed by atoms with Crippen molar-refractivity contribution in [2.45, 2.75) is 6.92 Å². The van der Waals surface area contributed by atoms with Crippen LogP contribution in [0.15, 0.2) is 49.9 Å². The van der Waals surface area contributed by atoms with Gasteiger partial charge in [0.15, 0.2) is 0 Å². The molecule has 3 aromatic rings. The molecule has 0 unspecified atom stereocenters. The highest BCUT2D eigenvalue weighted by Gasteiger charge is 1.88.